The maximum atomic E-state index is 11.9. The third-order valence-corrected chi connectivity index (χ3v) is 6.96. The molecule has 1 fully saturated rings. The highest BCUT2D eigenvalue weighted by Crippen LogP contribution is 2.34. The third-order valence-electron chi connectivity index (χ3n) is 5.15. The Hall–Kier alpha value is -2.33. The van der Waals surface area contributed by atoms with Gasteiger partial charge in [0.15, 0.2) is 15.7 Å². The summed E-state index contributed by atoms with van der Waals surface area (Å²) in [5, 5.41) is 17.2. The van der Waals surface area contributed by atoms with Crippen molar-refractivity contribution in [3.8, 4) is 6.07 Å². The second kappa shape index (κ2) is 6.19. The highest BCUT2D eigenvalue weighted by atomic mass is 32.2. The molecule has 1 aromatic heterocycles. The lowest BCUT2D eigenvalue weighted by Crippen LogP contribution is -2.22. The number of anilines is 2. The summed E-state index contributed by atoms with van der Waals surface area (Å²) in [6.45, 7) is 0. The molecule has 2 aliphatic rings. The highest BCUT2D eigenvalue weighted by molar-refractivity contribution is 7.91. The number of nitriles is 1. The van der Waals surface area contributed by atoms with E-state index in [-0.39, 0.29) is 17.7 Å². The Balaban J connectivity index is 1.53. The minimum Gasteiger partial charge on any atom is -0.339 e. The number of fused-ring (bicyclic) bond motifs is 1. The van der Waals surface area contributed by atoms with E-state index in [1.54, 1.807) is 12.1 Å². The van der Waals surface area contributed by atoms with Gasteiger partial charge in [0.2, 0.25) is 0 Å². The van der Waals surface area contributed by atoms with Crippen molar-refractivity contribution in [2.24, 2.45) is 5.92 Å². The molecule has 2 unspecified atom stereocenters. The van der Waals surface area contributed by atoms with Crippen LogP contribution in [0.2, 0.25) is 0 Å². The summed E-state index contributed by atoms with van der Waals surface area (Å²) < 4.78 is 25.7. The van der Waals surface area contributed by atoms with Gasteiger partial charge in [-0.05, 0) is 43.0 Å². The first-order chi connectivity index (χ1) is 12.1. The molecule has 130 valence electrons. The van der Waals surface area contributed by atoms with Crippen molar-refractivity contribution in [1.82, 2.24) is 9.78 Å². The van der Waals surface area contributed by atoms with E-state index < -0.39 is 9.84 Å². The molecule has 0 bridgehead atoms. The Bertz CT molecular complexity index is 942. The fourth-order valence-corrected chi connectivity index (χ4v) is 5.37. The van der Waals surface area contributed by atoms with Gasteiger partial charge in [-0.3, -0.25) is 4.68 Å². The molecule has 2 aromatic rings. The number of sulfone groups is 1. The van der Waals surface area contributed by atoms with Crippen LogP contribution in [0.3, 0.4) is 0 Å². The van der Waals surface area contributed by atoms with Crippen LogP contribution in [0.25, 0.3) is 0 Å². The molecule has 1 saturated carbocycles. The van der Waals surface area contributed by atoms with Crippen molar-refractivity contribution in [1.29, 1.82) is 5.26 Å². The van der Waals surface area contributed by atoms with E-state index in [9.17, 15) is 13.7 Å². The fourth-order valence-electron chi connectivity index (χ4n) is 3.83. The number of aromatic nitrogens is 2. The van der Waals surface area contributed by atoms with Gasteiger partial charge in [-0.2, -0.15) is 10.4 Å². The first kappa shape index (κ1) is 16.2. The van der Waals surface area contributed by atoms with Crippen LogP contribution in [-0.2, 0) is 16.3 Å². The molecule has 2 atom stereocenters. The molecule has 0 spiro atoms. The second-order valence-corrected chi connectivity index (χ2v) is 8.86. The van der Waals surface area contributed by atoms with E-state index in [1.807, 2.05) is 23.0 Å². The second-order valence-electron chi connectivity index (χ2n) is 6.78. The van der Waals surface area contributed by atoms with Crippen molar-refractivity contribution in [3.63, 3.8) is 0 Å². The Morgan fingerprint density at radius 2 is 2.08 bits per heavy atom. The number of hydrogen-bond donors (Lipinski definition) is 1. The first-order valence-electron chi connectivity index (χ1n) is 8.64. The van der Waals surface area contributed by atoms with E-state index in [0.717, 1.165) is 36.9 Å². The predicted octanol–water partition coefficient (Wildman–Crippen LogP) is 3.21. The van der Waals surface area contributed by atoms with Gasteiger partial charge in [0.1, 0.15) is 0 Å². The van der Waals surface area contributed by atoms with Crippen LogP contribution < -0.4 is 5.32 Å². The summed E-state index contributed by atoms with van der Waals surface area (Å²) in [4.78, 5) is 0.447. The van der Waals surface area contributed by atoms with Crippen LogP contribution in [0.1, 0.15) is 37.3 Å². The fraction of sp³-hybridized carbons (Fsp3) is 0.444. The van der Waals surface area contributed by atoms with E-state index >= 15 is 0 Å². The summed E-state index contributed by atoms with van der Waals surface area (Å²) in [6, 6.07) is 9.78. The average Bonchev–Trinajstić information content (AvgIpc) is 3.19. The van der Waals surface area contributed by atoms with E-state index in [2.05, 4.69) is 16.5 Å². The summed E-state index contributed by atoms with van der Waals surface area (Å²) in [5.41, 5.74) is 1.70. The zero-order chi connectivity index (χ0) is 17.4. The Kier molecular flexibility index (Phi) is 4.00. The minimum absolute atomic E-state index is 0.0201. The molecule has 2 heterocycles. The van der Waals surface area contributed by atoms with Gasteiger partial charge in [-0.25, -0.2) is 8.42 Å². The number of benzene rings is 1. The number of aryl methyl sites for hydroxylation is 1. The minimum atomic E-state index is -3.09. The van der Waals surface area contributed by atoms with Crippen molar-refractivity contribution < 1.29 is 8.42 Å². The quantitative estimate of drug-likeness (QED) is 0.912. The molecular formula is C18H20N4O2S. The van der Waals surface area contributed by atoms with E-state index in [0.29, 0.717) is 17.1 Å². The summed E-state index contributed by atoms with van der Waals surface area (Å²) in [7, 11) is -3.09. The van der Waals surface area contributed by atoms with Crippen LogP contribution in [0.4, 0.5) is 11.5 Å². The van der Waals surface area contributed by atoms with Gasteiger partial charge in [0.05, 0.1) is 28.7 Å². The maximum absolute atomic E-state index is 11.9. The lowest BCUT2D eigenvalue weighted by molar-refractivity contribution is 0.271. The van der Waals surface area contributed by atoms with Crippen LogP contribution in [0.5, 0.6) is 0 Å². The van der Waals surface area contributed by atoms with Gasteiger partial charge in [-0.15, -0.1) is 0 Å². The highest BCUT2D eigenvalue weighted by Gasteiger charge is 2.28. The van der Waals surface area contributed by atoms with Crippen LogP contribution >= 0.6 is 0 Å². The molecule has 1 N–H and O–H groups in total. The molecule has 0 amide bonds. The monoisotopic (exact) mass is 356 g/mol. The molecule has 4 rings (SSSR count). The third kappa shape index (κ3) is 3.02. The summed E-state index contributed by atoms with van der Waals surface area (Å²) >= 11 is 0. The maximum Gasteiger partial charge on any atom is 0.178 e. The molecule has 1 aliphatic heterocycles. The van der Waals surface area contributed by atoms with Crippen molar-refractivity contribution in [3.05, 3.63) is 36.0 Å². The zero-order valence-corrected chi connectivity index (χ0v) is 14.7. The van der Waals surface area contributed by atoms with Gasteiger partial charge < -0.3 is 5.32 Å². The smallest absolute Gasteiger partial charge is 0.178 e. The van der Waals surface area contributed by atoms with Gasteiger partial charge in [0, 0.05) is 18.0 Å². The molecule has 7 heteroatoms. The van der Waals surface area contributed by atoms with Gasteiger partial charge in [0.25, 0.3) is 0 Å². The largest absolute Gasteiger partial charge is 0.339 e. The number of nitrogens with zero attached hydrogens (tertiary/aromatic N) is 3. The molecule has 1 aromatic carbocycles. The lowest BCUT2D eigenvalue weighted by Gasteiger charge is -2.26. The van der Waals surface area contributed by atoms with Crippen LogP contribution in [0, 0.1) is 17.2 Å². The Labute approximate surface area is 147 Å². The topological polar surface area (TPSA) is 87.8 Å². The number of hydrogen-bond acceptors (Lipinski definition) is 5. The standard InChI is InChI=1S/C18H20N4O2S/c19-12-14-3-1-2-4-16(14)22-9-7-18(21-22)20-15-5-6-17-13(11-15)8-10-25(17,23)24/h5-7,9,11,14,16H,1-4,8,10H2,(H,20,21). The molecular weight excluding hydrogens is 336 g/mol. The predicted molar refractivity (Wildman–Crippen MR) is 94.3 cm³/mol. The van der Waals surface area contributed by atoms with Gasteiger partial charge in [-0.1, -0.05) is 12.8 Å². The SMILES string of the molecule is N#CC1CCCCC1n1ccc(Nc2ccc3c(c2)CCS3(=O)=O)n1. The van der Waals surface area contributed by atoms with Crippen molar-refractivity contribution in [2.45, 2.75) is 43.0 Å². The van der Waals surface area contributed by atoms with Crippen LogP contribution in [-0.4, -0.2) is 24.0 Å². The molecule has 0 radical (unpaired) electrons. The van der Waals surface area contributed by atoms with Crippen molar-refractivity contribution >= 4 is 21.3 Å². The van der Waals surface area contributed by atoms with E-state index in [1.165, 1.54) is 0 Å². The zero-order valence-electron chi connectivity index (χ0n) is 13.9. The molecule has 0 saturated heterocycles. The first-order valence-corrected chi connectivity index (χ1v) is 10.3. The van der Waals surface area contributed by atoms with Gasteiger partial charge >= 0.3 is 0 Å². The lowest BCUT2D eigenvalue weighted by atomic mass is 9.86. The van der Waals surface area contributed by atoms with E-state index in [4.69, 9.17) is 0 Å². The van der Waals surface area contributed by atoms with Crippen LogP contribution in [0.15, 0.2) is 35.4 Å². The summed E-state index contributed by atoms with van der Waals surface area (Å²) in [6.07, 6.45) is 6.64. The van der Waals surface area contributed by atoms with Crippen molar-refractivity contribution in [2.75, 3.05) is 11.1 Å². The summed E-state index contributed by atoms with van der Waals surface area (Å²) in [5.74, 6) is 0.923. The number of nitrogens with one attached hydrogen (secondary N) is 1. The molecule has 25 heavy (non-hydrogen) atoms. The molecule has 6 nitrogen and oxygen atoms in total. The number of rotatable bonds is 3. The average molecular weight is 356 g/mol. The Morgan fingerprint density at radius 1 is 1.24 bits per heavy atom. The Morgan fingerprint density at radius 3 is 2.92 bits per heavy atom. The normalized spacial score (nSPS) is 24.4. The molecule has 1 aliphatic carbocycles.